The van der Waals surface area contributed by atoms with Crippen molar-refractivity contribution in [1.82, 2.24) is 4.90 Å². The van der Waals surface area contributed by atoms with Gasteiger partial charge in [-0.2, -0.15) is 0 Å². The van der Waals surface area contributed by atoms with Gasteiger partial charge in [-0.25, -0.2) is 4.39 Å². The Labute approximate surface area is 161 Å². The van der Waals surface area contributed by atoms with Crippen molar-refractivity contribution in [2.24, 2.45) is 0 Å². The summed E-state index contributed by atoms with van der Waals surface area (Å²) in [6, 6.07) is 12.5. The largest absolute Gasteiger partial charge is 0.484 e. The molecule has 3 rings (SSSR count). The molecule has 0 saturated heterocycles. The van der Waals surface area contributed by atoms with Gasteiger partial charge >= 0.3 is 0 Å². The summed E-state index contributed by atoms with van der Waals surface area (Å²) in [5.74, 6) is -0.685. The number of benzene rings is 2. The SMILES string of the molecule is CCN(CC)C(=O)c1oc2ccccc2c1NC(=O)COc1ccc(F)cc1. The molecule has 0 aliphatic heterocycles. The summed E-state index contributed by atoms with van der Waals surface area (Å²) in [5.41, 5.74) is 0.827. The van der Waals surface area contributed by atoms with Gasteiger partial charge in [-0.15, -0.1) is 0 Å². The lowest BCUT2D eigenvalue weighted by atomic mass is 10.2. The molecule has 28 heavy (non-hydrogen) atoms. The smallest absolute Gasteiger partial charge is 0.291 e. The number of rotatable bonds is 7. The van der Waals surface area contributed by atoms with Crippen LogP contribution in [0.5, 0.6) is 5.75 Å². The highest BCUT2D eigenvalue weighted by molar-refractivity contribution is 6.11. The van der Waals surface area contributed by atoms with E-state index in [0.717, 1.165) is 0 Å². The number of carbonyl (C=O) groups excluding carboxylic acids is 2. The third-order valence-electron chi connectivity index (χ3n) is 4.29. The van der Waals surface area contributed by atoms with Gasteiger partial charge in [-0.3, -0.25) is 9.59 Å². The van der Waals surface area contributed by atoms with Crippen LogP contribution in [0.4, 0.5) is 10.1 Å². The molecule has 7 heteroatoms. The van der Waals surface area contributed by atoms with E-state index >= 15 is 0 Å². The van der Waals surface area contributed by atoms with E-state index in [2.05, 4.69) is 5.32 Å². The van der Waals surface area contributed by atoms with E-state index in [0.29, 0.717) is 35.5 Å². The molecule has 0 saturated carbocycles. The molecule has 0 spiro atoms. The Morgan fingerprint density at radius 3 is 2.43 bits per heavy atom. The number of furan rings is 1. The molecule has 0 radical (unpaired) electrons. The normalized spacial score (nSPS) is 10.7. The molecule has 2 amide bonds. The lowest BCUT2D eigenvalue weighted by Gasteiger charge is -2.17. The first-order valence-corrected chi connectivity index (χ1v) is 9.02. The number of ether oxygens (including phenoxy) is 1. The summed E-state index contributed by atoms with van der Waals surface area (Å²) in [5, 5.41) is 3.35. The first-order chi connectivity index (χ1) is 13.5. The molecule has 2 aromatic carbocycles. The molecule has 3 aromatic rings. The van der Waals surface area contributed by atoms with Crippen LogP contribution in [0.1, 0.15) is 24.4 Å². The molecule has 146 valence electrons. The minimum absolute atomic E-state index is 0.0834. The Bertz CT molecular complexity index is 978. The fourth-order valence-corrected chi connectivity index (χ4v) is 2.83. The fraction of sp³-hybridized carbons (Fsp3) is 0.238. The highest BCUT2D eigenvalue weighted by Crippen LogP contribution is 2.31. The van der Waals surface area contributed by atoms with E-state index in [9.17, 15) is 14.0 Å². The maximum atomic E-state index is 12.9. The number of para-hydroxylation sites is 1. The molecule has 0 fully saturated rings. The number of halogens is 1. The van der Waals surface area contributed by atoms with Crippen LogP contribution in [-0.2, 0) is 4.79 Å². The number of hydrogen-bond donors (Lipinski definition) is 1. The van der Waals surface area contributed by atoms with Gasteiger partial charge in [0.2, 0.25) is 5.76 Å². The number of anilines is 1. The average Bonchev–Trinajstić information content (AvgIpc) is 3.07. The Balaban J connectivity index is 1.82. The highest BCUT2D eigenvalue weighted by Gasteiger charge is 2.25. The minimum atomic E-state index is -0.454. The number of fused-ring (bicyclic) bond motifs is 1. The van der Waals surface area contributed by atoms with E-state index in [1.165, 1.54) is 24.3 Å². The lowest BCUT2D eigenvalue weighted by Crippen LogP contribution is -2.31. The van der Waals surface area contributed by atoms with Crippen LogP contribution in [-0.4, -0.2) is 36.4 Å². The molecule has 1 heterocycles. The van der Waals surface area contributed by atoms with Crippen molar-refractivity contribution in [1.29, 1.82) is 0 Å². The van der Waals surface area contributed by atoms with Gasteiger partial charge in [0.25, 0.3) is 11.8 Å². The van der Waals surface area contributed by atoms with Crippen LogP contribution in [0, 0.1) is 5.82 Å². The van der Waals surface area contributed by atoms with Crippen molar-refractivity contribution in [2.45, 2.75) is 13.8 Å². The van der Waals surface area contributed by atoms with E-state index in [1.54, 1.807) is 29.2 Å². The summed E-state index contributed by atoms with van der Waals surface area (Å²) in [4.78, 5) is 26.8. The molecule has 0 atom stereocenters. The van der Waals surface area contributed by atoms with Crippen LogP contribution >= 0.6 is 0 Å². The Morgan fingerprint density at radius 1 is 1.07 bits per heavy atom. The second kappa shape index (κ2) is 8.56. The molecule has 0 aliphatic rings. The van der Waals surface area contributed by atoms with Gasteiger partial charge in [0.15, 0.2) is 6.61 Å². The molecule has 0 bridgehead atoms. The number of hydrogen-bond acceptors (Lipinski definition) is 4. The standard InChI is InChI=1S/C21H21FN2O4/c1-3-24(4-2)21(26)20-19(16-7-5-6-8-17(16)28-20)23-18(25)13-27-15-11-9-14(22)10-12-15/h5-12H,3-4,13H2,1-2H3,(H,23,25). The minimum Gasteiger partial charge on any atom is -0.484 e. The van der Waals surface area contributed by atoms with E-state index in [-0.39, 0.29) is 24.1 Å². The molecule has 1 aromatic heterocycles. The number of nitrogens with zero attached hydrogens (tertiary/aromatic N) is 1. The quantitative estimate of drug-likeness (QED) is 0.667. The van der Waals surface area contributed by atoms with Gasteiger partial charge in [0.05, 0.1) is 0 Å². The summed E-state index contributed by atoms with van der Waals surface area (Å²) < 4.78 is 24.1. The Kier molecular flexibility index (Phi) is 5.93. The van der Waals surface area contributed by atoms with Crippen LogP contribution < -0.4 is 10.1 Å². The van der Waals surface area contributed by atoms with E-state index in [4.69, 9.17) is 9.15 Å². The van der Waals surface area contributed by atoms with Gasteiger partial charge in [0, 0.05) is 18.5 Å². The zero-order valence-corrected chi connectivity index (χ0v) is 15.7. The van der Waals surface area contributed by atoms with Crippen LogP contribution in [0.15, 0.2) is 52.9 Å². The van der Waals surface area contributed by atoms with Gasteiger partial charge < -0.3 is 19.4 Å². The maximum absolute atomic E-state index is 12.9. The number of carbonyl (C=O) groups is 2. The third kappa shape index (κ3) is 4.14. The summed E-state index contributed by atoms with van der Waals surface area (Å²) in [7, 11) is 0. The second-order valence-corrected chi connectivity index (χ2v) is 6.07. The molecular formula is C21H21FN2O4. The van der Waals surface area contributed by atoms with Crippen LogP contribution in [0.3, 0.4) is 0 Å². The highest BCUT2D eigenvalue weighted by atomic mass is 19.1. The van der Waals surface area contributed by atoms with E-state index in [1.807, 2.05) is 13.8 Å². The van der Waals surface area contributed by atoms with Crippen LogP contribution in [0.25, 0.3) is 11.0 Å². The Hall–Kier alpha value is -3.35. The van der Waals surface area contributed by atoms with Crippen molar-refractivity contribution in [3.05, 3.63) is 60.1 Å². The van der Waals surface area contributed by atoms with Gasteiger partial charge in [-0.1, -0.05) is 12.1 Å². The fourth-order valence-electron chi connectivity index (χ4n) is 2.83. The zero-order valence-electron chi connectivity index (χ0n) is 15.7. The van der Waals surface area contributed by atoms with Gasteiger partial charge in [-0.05, 0) is 50.2 Å². The topological polar surface area (TPSA) is 71.8 Å². The molecule has 0 unspecified atom stereocenters. The van der Waals surface area contributed by atoms with Crippen molar-refractivity contribution >= 4 is 28.5 Å². The summed E-state index contributed by atoms with van der Waals surface area (Å²) >= 11 is 0. The van der Waals surface area contributed by atoms with Gasteiger partial charge in [0.1, 0.15) is 22.8 Å². The number of nitrogens with one attached hydrogen (secondary N) is 1. The predicted molar refractivity (Wildman–Crippen MR) is 104 cm³/mol. The number of amides is 2. The molecule has 6 nitrogen and oxygen atoms in total. The summed E-state index contributed by atoms with van der Waals surface area (Å²) in [6.45, 7) is 4.50. The zero-order chi connectivity index (χ0) is 20.1. The third-order valence-corrected chi connectivity index (χ3v) is 4.29. The monoisotopic (exact) mass is 384 g/mol. The lowest BCUT2D eigenvalue weighted by molar-refractivity contribution is -0.118. The van der Waals surface area contributed by atoms with Crippen molar-refractivity contribution < 1.29 is 23.1 Å². The second-order valence-electron chi connectivity index (χ2n) is 6.07. The molecule has 0 aliphatic carbocycles. The predicted octanol–water partition coefficient (Wildman–Crippen LogP) is 4.07. The summed E-state index contributed by atoms with van der Waals surface area (Å²) in [6.07, 6.45) is 0. The van der Waals surface area contributed by atoms with Crippen molar-refractivity contribution in [2.75, 3.05) is 25.0 Å². The van der Waals surface area contributed by atoms with Crippen molar-refractivity contribution in [3.8, 4) is 5.75 Å². The molecule has 1 N–H and O–H groups in total. The Morgan fingerprint density at radius 2 is 1.75 bits per heavy atom. The van der Waals surface area contributed by atoms with E-state index < -0.39 is 5.91 Å². The van der Waals surface area contributed by atoms with Crippen molar-refractivity contribution in [3.63, 3.8) is 0 Å². The molecular weight excluding hydrogens is 363 g/mol. The maximum Gasteiger partial charge on any atom is 0.291 e. The van der Waals surface area contributed by atoms with Crippen LogP contribution in [0.2, 0.25) is 0 Å². The first kappa shape index (κ1) is 19.4. The average molecular weight is 384 g/mol. The first-order valence-electron chi connectivity index (χ1n) is 9.02.